The van der Waals surface area contributed by atoms with Crippen LogP contribution in [0, 0.1) is 25.5 Å². The molecule has 1 N–H and O–H groups in total. The second-order valence-electron chi connectivity index (χ2n) is 4.59. The molecule has 0 aliphatic rings. The van der Waals surface area contributed by atoms with Crippen LogP contribution >= 0.6 is 11.6 Å². The fourth-order valence-corrected chi connectivity index (χ4v) is 2.06. The number of amides is 1. The number of nitrogens with zero attached hydrogens (tertiary/aromatic N) is 1. The summed E-state index contributed by atoms with van der Waals surface area (Å²) >= 11 is 5.47. The highest BCUT2D eigenvalue weighted by atomic mass is 35.5. The number of aromatic nitrogens is 1. The molecule has 1 amide bonds. The van der Waals surface area contributed by atoms with Gasteiger partial charge in [0.15, 0.2) is 0 Å². The van der Waals surface area contributed by atoms with Crippen molar-refractivity contribution in [2.24, 2.45) is 0 Å². The van der Waals surface area contributed by atoms with Crippen molar-refractivity contribution in [3.8, 4) is 0 Å². The first-order chi connectivity index (χ1) is 9.90. The number of carbonyl (C=O) groups is 1. The van der Waals surface area contributed by atoms with Crippen molar-refractivity contribution in [3.05, 3.63) is 51.4 Å². The minimum atomic E-state index is -0.866. The SMILES string of the molecule is Cc1noc(C)c1CC(=O)NCc1ccc(F)c(Cl)c1F. The number of hydrogen-bond acceptors (Lipinski definition) is 3. The zero-order valence-electron chi connectivity index (χ0n) is 11.5. The highest BCUT2D eigenvalue weighted by Crippen LogP contribution is 2.21. The van der Waals surface area contributed by atoms with Crippen LogP contribution in [0.1, 0.15) is 22.6 Å². The Kier molecular flexibility index (Phi) is 4.57. The second-order valence-corrected chi connectivity index (χ2v) is 4.97. The van der Waals surface area contributed by atoms with E-state index in [1.807, 2.05) is 0 Å². The van der Waals surface area contributed by atoms with Crippen LogP contribution in [-0.2, 0) is 17.8 Å². The summed E-state index contributed by atoms with van der Waals surface area (Å²) in [6.45, 7) is 3.37. The van der Waals surface area contributed by atoms with Gasteiger partial charge in [0.05, 0.1) is 12.1 Å². The Morgan fingerprint density at radius 2 is 2.10 bits per heavy atom. The normalized spacial score (nSPS) is 10.7. The van der Waals surface area contributed by atoms with Crippen molar-refractivity contribution < 1.29 is 18.1 Å². The van der Waals surface area contributed by atoms with Gasteiger partial charge in [-0.15, -0.1) is 0 Å². The number of aryl methyl sites for hydroxylation is 2. The monoisotopic (exact) mass is 314 g/mol. The van der Waals surface area contributed by atoms with E-state index in [-0.39, 0.29) is 24.4 Å². The maximum absolute atomic E-state index is 13.7. The van der Waals surface area contributed by atoms with Crippen LogP contribution in [-0.4, -0.2) is 11.1 Å². The Bertz CT molecular complexity index is 666. The van der Waals surface area contributed by atoms with Gasteiger partial charge in [-0.3, -0.25) is 4.79 Å². The van der Waals surface area contributed by atoms with Gasteiger partial charge in [0.1, 0.15) is 22.4 Å². The molecule has 0 aliphatic heterocycles. The first kappa shape index (κ1) is 15.4. The van der Waals surface area contributed by atoms with Crippen LogP contribution < -0.4 is 5.32 Å². The van der Waals surface area contributed by atoms with E-state index in [9.17, 15) is 13.6 Å². The van der Waals surface area contributed by atoms with Gasteiger partial charge in [-0.05, 0) is 19.9 Å². The van der Waals surface area contributed by atoms with E-state index < -0.39 is 16.7 Å². The highest BCUT2D eigenvalue weighted by Gasteiger charge is 2.15. The Morgan fingerprint density at radius 1 is 1.38 bits per heavy atom. The predicted octanol–water partition coefficient (Wildman–Crippen LogP) is 3.08. The van der Waals surface area contributed by atoms with Gasteiger partial charge in [-0.25, -0.2) is 8.78 Å². The highest BCUT2D eigenvalue weighted by molar-refractivity contribution is 6.30. The lowest BCUT2D eigenvalue weighted by atomic mass is 10.1. The third-order valence-corrected chi connectivity index (χ3v) is 3.46. The molecule has 0 bridgehead atoms. The zero-order chi connectivity index (χ0) is 15.6. The lowest BCUT2D eigenvalue weighted by Gasteiger charge is -2.07. The number of rotatable bonds is 4. The molecule has 7 heteroatoms. The van der Waals surface area contributed by atoms with Crippen LogP contribution in [0.5, 0.6) is 0 Å². The van der Waals surface area contributed by atoms with Gasteiger partial charge in [0.25, 0.3) is 0 Å². The molecule has 1 heterocycles. The van der Waals surface area contributed by atoms with Crippen LogP contribution in [0.2, 0.25) is 5.02 Å². The minimum absolute atomic E-state index is 0.0754. The summed E-state index contributed by atoms with van der Waals surface area (Å²) in [4.78, 5) is 11.8. The summed E-state index contributed by atoms with van der Waals surface area (Å²) in [5.74, 6) is -1.45. The molecule has 0 saturated carbocycles. The van der Waals surface area contributed by atoms with Crippen molar-refractivity contribution in [3.63, 3.8) is 0 Å². The van der Waals surface area contributed by atoms with Gasteiger partial charge in [0, 0.05) is 17.7 Å². The van der Waals surface area contributed by atoms with Crippen molar-refractivity contribution >= 4 is 17.5 Å². The number of hydrogen-bond donors (Lipinski definition) is 1. The molecule has 2 aromatic rings. The quantitative estimate of drug-likeness (QED) is 0.882. The van der Waals surface area contributed by atoms with Gasteiger partial charge in [0.2, 0.25) is 5.91 Å². The van der Waals surface area contributed by atoms with E-state index in [0.717, 1.165) is 6.07 Å². The lowest BCUT2D eigenvalue weighted by Crippen LogP contribution is -2.25. The largest absolute Gasteiger partial charge is 0.361 e. The zero-order valence-corrected chi connectivity index (χ0v) is 12.2. The fraction of sp³-hybridized carbons (Fsp3) is 0.286. The van der Waals surface area contributed by atoms with Gasteiger partial charge in [-0.1, -0.05) is 22.8 Å². The van der Waals surface area contributed by atoms with E-state index in [4.69, 9.17) is 16.1 Å². The van der Waals surface area contributed by atoms with E-state index >= 15 is 0 Å². The Hall–Kier alpha value is -1.95. The van der Waals surface area contributed by atoms with Crippen molar-refractivity contribution in [1.29, 1.82) is 0 Å². The molecule has 0 radical (unpaired) electrons. The average Bonchev–Trinajstić information content (AvgIpc) is 2.76. The van der Waals surface area contributed by atoms with Crippen LogP contribution in [0.3, 0.4) is 0 Å². The van der Waals surface area contributed by atoms with Crippen LogP contribution in [0.15, 0.2) is 16.7 Å². The average molecular weight is 315 g/mol. The number of carbonyl (C=O) groups excluding carboxylic acids is 1. The van der Waals surface area contributed by atoms with E-state index in [1.54, 1.807) is 13.8 Å². The first-order valence-electron chi connectivity index (χ1n) is 6.21. The number of nitrogens with one attached hydrogen (secondary N) is 1. The molecule has 0 unspecified atom stereocenters. The van der Waals surface area contributed by atoms with Crippen LogP contribution in [0.4, 0.5) is 8.78 Å². The summed E-state index contributed by atoms with van der Waals surface area (Å²) in [7, 11) is 0. The van der Waals surface area contributed by atoms with E-state index in [2.05, 4.69) is 10.5 Å². The van der Waals surface area contributed by atoms with E-state index in [1.165, 1.54) is 6.07 Å². The molecule has 1 aromatic carbocycles. The molecule has 0 atom stereocenters. The maximum atomic E-state index is 13.7. The Balaban J connectivity index is 2.01. The molecule has 0 fully saturated rings. The van der Waals surface area contributed by atoms with E-state index in [0.29, 0.717) is 17.0 Å². The smallest absolute Gasteiger partial charge is 0.224 e. The molecular formula is C14H13ClF2N2O2. The topological polar surface area (TPSA) is 55.1 Å². The standard InChI is InChI=1S/C14H13ClF2N2O2/c1-7-10(8(2)21-19-7)5-12(20)18-6-9-3-4-11(16)13(15)14(9)17/h3-4H,5-6H2,1-2H3,(H,18,20). The predicted molar refractivity (Wildman–Crippen MR) is 72.9 cm³/mol. The molecule has 4 nitrogen and oxygen atoms in total. The van der Waals surface area contributed by atoms with Gasteiger partial charge < -0.3 is 9.84 Å². The summed E-state index contributed by atoms with van der Waals surface area (Å²) in [6, 6.07) is 2.30. The Labute approximate surface area is 125 Å². The van der Waals surface area contributed by atoms with Crippen molar-refractivity contribution in [2.45, 2.75) is 26.8 Å². The summed E-state index contributed by atoms with van der Waals surface area (Å²) in [5.41, 5.74) is 1.46. The summed E-state index contributed by atoms with van der Waals surface area (Å²) < 4.78 is 31.7. The number of benzene rings is 1. The third kappa shape index (κ3) is 3.39. The molecule has 0 aliphatic carbocycles. The fourth-order valence-electron chi connectivity index (χ4n) is 1.87. The molecule has 0 spiro atoms. The molecule has 0 saturated heterocycles. The van der Waals surface area contributed by atoms with Crippen molar-refractivity contribution in [1.82, 2.24) is 10.5 Å². The third-order valence-electron chi connectivity index (χ3n) is 3.11. The molecule has 2 rings (SSSR count). The molecule has 1 aromatic heterocycles. The van der Waals surface area contributed by atoms with Crippen molar-refractivity contribution in [2.75, 3.05) is 0 Å². The van der Waals surface area contributed by atoms with Gasteiger partial charge in [-0.2, -0.15) is 0 Å². The molecule has 112 valence electrons. The minimum Gasteiger partial charge on any atom is -0.361 e. The molecular weight excluding hydrogens is 302 g/mol. The number of halogens is 3. The summed E-state index contributed by atoms with van der Waals surface area (Å²) in [5, 5.41) is 5.72. The van der Waals surface area contributed by atoms with Gasteiger partial charge >= 0.3 is 0 Å². The molecule has 21 heavy (non-hydrogen) atoms. The second kappa shape index (κ2) is 6.22. The van der Waals surface area contributed by atoms with Crippen LogP contribution in [0.25, 0.3) is 0 Å². The maximum Gasteiger partial charge on any atom is 0.224 e. The summed E-state index contributed by atoms with van der Waals surface area (Å²) in [6.07, 6.45) is 0.0811. The Morgan fingerprint density at radius 3 is 2.71 bits per heavy atom. The first-order valence-corrected chi connectivity index (χ1v) is 6.58. The lowest BCUT2D eigenvalue weighted by molar-refractivity contribution is -0.120.